The highest BCUT2D eigenvalue weighted by Gasteiger charge is 2.32. The Morgan fingerprint density at radius 1 is 1.06 bits per heavy atom. The molecule has 35 heavy (non-hydrogen) atoms. The molecule has 2 aliphatic rings. The number of nitrogens with zero attached hydrogens (tertiary/aromatic N) is 2. The molecule has 0 radical (unpaired) electrons. The standard InChI is InChI=1S/C28H29FN2O4/c1-2-26(32)31-15-12-19-8-9-22(17-24(19)27(31)20-6-5-7-21(29)16-20)34-18-23-10-11-25(35-23)28(33)30-13-3-4-14-30/h5-11,16-17,27H,2-4,12-15,18H2,1H3/t27-/m1/s1. The van der Waals surface area contributed by atoms with Crippen molar-refractivity contribution in [1.82, 2.24) is 9.80 Å². The lowest BCUT2D eigenvalue weighted by molar-refractivity contribution is -0.132. The largest absolute Gasteiger partial charge is 0.486 e. The Morgan fingerprint density at radius 2 is 1.89 bits per heavy atom. The lowest BCUT2D eigenvalue weighted by Gasteiger charge is -2.38. The number of fused-ring (bicyclic) bond motifs is 1. The summed E-state index contributed by atoms with van der Waals surface area (Å²) >= 11 is 0. The molecule has 1 fully saturated rings. The molecule has 6 nitrogen and oxygen atoms in total. The van der Waals surface area contributed by atoms with E-state index in [1.54, 1.807) is 18.2 Å². The van der Waals surface area contributed by atoms with Gasteiger partial charge in [-0.3, -0.25) is 9.59 Å². The molecule has 3 heterocycles. The number of halogens is 1. The second kappa shape index (κ2) is 9.94. The smallest absolute Gasteiger partial charge is 0.289 e. The first-order valence-electron chi connectivity index (χ1n) is 12.2. The van der Waals surface area contributed by atoms with E-state index >= 15 is 0 Å². The van der Waals surface area contributed by atoms with Crippen LogP contribution in [0.25, 0.3) is 0 Å². The summed E-state index contributed by atoms with van der Waals surface area (Å²) in [6.45, 7) is 4.14. The van der Waals surface area contributed by atoms with E-state index in [1.807, 2.05) is 41.0 Å². The van der Waals surface area contributed by atoms with Crippen molar-refractivity contribution >= 4 is 11.8 Å². The summed E-state index contributed by atoms with van der Waals surface area (Å²) < 4.78 is 25.8. The molecule has 2 aliphatic heterocycles. The van der Waals surface area contributed by atoms with Crippen LogP contribution in [0.4, 0.5) is 4.39 Å². The third-order valence-electron chi connectivity index (χ3n) is 6.78. The molecular weight excluding hydrogens is 447 g/mol. The van der Waals surface area contributed by atoms with Gasteiger partial charge in [-0.25, -0.2) is 4.39 Å². The van der Waals surface area contributed by atoms with E-state index in [-0.39, 0.29) is 30.3 Å². The molecule has 7 heteroatoms. The van der Waals surface area contributed by atoms with Crippen LogP contribution in [0.15, 0.2) is 59.0 Å². The first kappa shape index (κ1) is 23.1. The highest BCUT2D eigenvalue weighted by molar-refractivity contribution is 5.91. The molecule has 1 saturated heterocycles. The number of rotatable bonds is 6. The summed E-state index contributed by atoms with van der Waals surface area (Å²) in [6, 6.07) is 15.3. The molecule has 0 bridgehead atoms. The number of likely N-dealkylation sites (tertiary alicyclic amines) is 1. The number of ether oxygens (including phenoxy) is 1. The number of benzene rings is 2. The highest BCUT2D eigenvalue weighted by Crippen LogP contribution is 2.38. The van der Waals surface area contributed by atoms with E-state index in [0.29, 0.717) is 30.2 Å². The number of carbonyl (C=O) groups excluding carboxylic acids is 2. The minimum atomic E-state index is -0.376. The van der Waals surface area contributed by atoms with Crippen molar-refractivity contribution in [3.63, 3.8) is 0 Å². The Bertz CT molecular complexity index is 1230. The van der Waals surface area contributed by atoms with Crippen LogP contribution in [-0.4, -0.2) is 41.2 Å². The van der Waals surface area contributed by atoms with Gasteiger partial charge in [0.2, 0.25) is 5.91 Å². The van der Waals surface area contributed by atoms with Gasteiger partial charge in [0.05, 0.1) is 6.04 Å². The first-order valence-corrected chi connectivity index (χ1v) is 12.2. The van der Waals surface area contributed by atoms with Crippen molar-refractivity contribution in [2.75, 3.05) is 19.6 Å². The molecule has 2 aromatic carbocycles. The monoisotopic (exact) mass is 476 g/mol. The number of carbonyl (C=O) groups is 2. The summed E-state index contributed by atoms with van der Waals surface area (Å²) in [6.07, 6.45) is 3.17. The van der Waals surface area contributed by atoms with Crippen LogP contribution in [0.2, 0.25) is 0 Å². The fourth-order valence-corrected chi connectivity index (χ4v) is 4.99. The zero-order valence-corrected chi connectivity index (χ0v) is 19.8. The second-order valence-electron chi connectivity index (χ2n) is 9.06. The molecule has 0 unspecified atom stereocenters. The summed E-state index contributed by atoms with van der Waals surface area (Å²) in [4.78, 5) is 28.9. The first-order chi connectivity index (χ1) is 17.0. The van der Waals surface area contributed by atoms with Gasteiger partial charge < -0.3 is 19.0 Å². The van der Waals surface area contributed by atoms with E-state index in [2.05, 4.69) is 0 Å². The maximum Gasteiger partial charge on any atom is 0.289 e. The lowest BCUT2D eigenvalue weighted by Crippen LogP contribution is -2.40. The van der Waals surface area contributed by atoms with Crippen LogP contribution in [0.3, 0.4) is 0 Å². The Hall–Kier alpha value is -3.61. The Balaban J connectivity index is 1.37. The third kappa shape index (κ3) is 4.81. The quantitative estimate of drug-likeness (QED) is 0.496. The second-order valence-corrected chi connectivity index (χ2v) is 9.06. The highest BCUT2D eigenvalue weighted by atomic mass is 19.1. The van der Waals surface area contributed by atoms with E-state index in [0.717, 1.165) is 49.0 Å². The maximum absolute atomic E-state index is 14.1. The zero-order chi connectivity index (χ0) is 24.4. The van der Waals surface area contributed by atoms with Gasteiger partial charge in [-0.15, -0.1) is 0 Å². The van der Waals surface area contributed by atoms with Crippen molar-refractivity contribution in [3.8, 4) is 5.75 Å². The predicted octanol–water partition coefficient (Wildman–Crippen LogP) is 5.12. The van der Waals surface area contributed by atoms with Gasteiger partial charge in [-0.05, 0) is 72.4 Å². The predicted molar refractivity (Wildman–Crippen MR) is 129 cm³/mol. The van der Waals surface area contributed by atoms with E-state index in [4.69, 9.17) is 9.15 Å². The number of furan rings is 1. The molecule has 5 rings (SSSR count). The van der Waals surface area contributed by atoms with Crippen molar-refractivity contribution in [3.05, 3.63) is 88.6 Å². The molecule has 0 aliphatic carbocycles. The average Bonchev–Trinajstić information content (AvgIpc) is 3.58. The molecule has 3 aromatic rings. The van der Waals surface area contributed by atoms with Crippen LogP contribution < -0.4 is 4.74 Å². The van der Waals surface area contributed by atoms with Crippen LogP contribution in [0, 0.1) is 5.82 Å². The van der Waals surface area contributed by atoms with E-state index in [1.165, 1.54) is 12.1 Å². The molecule has 2 amide bonds. The van der Waals surface area contributed by atoms with Crippen LogP contribution >= 0.6 is 0 Å². The average molecular weight is 477 g/mol. The SMILES string of the molecule is CCC(=O)N1CCc2ccc(OCc3ccc(C(=O)N4CCCC4)o3)cc2[C@H]1c1cccc(F)c1. The summed E-state index contributed by atoms with van der Waals surface area (Å²) in [5.41, 5.74) is 2.79. The Kier molecular flexibility index (Phi) is 6.57. The van der Waals surface area contributed by atoms with Crippen molar-refractivity contribution < 1.29 is 23.1 Å². The molecule has 0 saturated carbocycles. The van der Waals surface area contributed by atoms with Gasteiger partial charge in [0.1, 0.15) is 23.9 Å². The lowest BCUT2D eigenvalue weighted by atomic mass is 9.87. The van der Waals surface area contributed by atoms with Gasteiger partial charge >= 0.3 is 0 Å². The van der Waals surface area contributed by atoms with Crippen LogP contribution in [0.1, 0.15) is 65.2 Å². The minimum Gasteiger partial charge on any atom is -0.486 e. The van der Waals surface area contributed by atoms with Gasteiger partial charge in [-0.2, -0.15) is 0 Å². The van der Waals surface area contributed by atoms with Crippen LogP contribution in [-0.2, 0) is 17.8 Å². The summed E-state index contributed by atoms with van der Waals surface area (Å²) in [5.74, 6) is 1.14. The fraction of sp³-hybridized carbons (Fsp3) is 0.357. The van der Waals surface area contributed by atoms with Gasteiger partial charge in [0.15, 0.2) is 5.76 Å². The van der Waals surface area contributed by atoms with E-state index < -0.39 is 0 Å². The fourth-order valence-electron chi connectivity index (χ4n) is 4.99. The topological polar surface area (TPSA) is 63.0 Å². The molecule has 1 atom stereocenters. The molecular formula is C28H29FN2O4. The van der Waals surface area contributed by atoms with Crippen molar-refractivity contribution in [2.45, 2.75) is 45.3 Å². The van der Waals surface area contributed by atoms with Crippen LogP contribution in [0.5, 0.6) is 5.75 Å². The minimum absolute atomic E-state index is 0.0296. The third-order valence-corrected chi connectivity index (χ3v) is 6.78. The molecule has 182 valence electrons. The molecule has 1 aromatic heterocycles. The summed E-state index contributed by atoms with van der Waals surface area (Å²) in [7, 11) is 0. The van der Waals surface area contributed by atoms with Gasteiger partial charge in [-0.1, -0.05) is 25.1 Å². The number of amides is 2. The van der Waals surface area contributed by atoms with Crippen molar-refractivity contribution in [1.29, 1.82) is 0 Å². The Morgan fingerprint density at radius 3 is 2.66 bits per heavy atom. The molecule has 0 N–H and O–H groups in total. The number of hydrogen-bond donors (Lipinski definition) is 0. The van der Waals surface area contributed by atoms with E-state index in [9.17, 15) is 14.0 Å². The molecule has 0 spiro atoms. The Labute approximate surface area is 204 Å². The van der Waals surface area contributed by atoms with Gasteiger partial charge in [0.25, 0.3) is 5.91 Å². The summed E-state index contributed by atoms with van der Waals surface area (Å²) in [5, 5.41) is 0. The maximum atomic E-state index is 14.1. The van der Waals surface area contributed by atoms with Crippen molar-refractivity contribution in [2.24, 2.45) is 0 Å². The normalized spacial score (nSPS) is 17.4. The number of hydrogen-bond acceptors (Lipinski definition) is 4. The van der Waals surface area contributed by atoms with Gasteiger partial charge in [0, 0.05) is 26.1 Å². The zero-order valence-electron chi connectivity index (χ0n) is 19.8.